The molecule has 2 aromatic rings. The van der Waals surface area contributed by atoms with Gasteiger partial charge in [-0.1, -0.05) is 41.8 Å². The van der Waals surface area contributed by atoms with Crippen LogP contribution in [-0.4, -0.2) is 39.7 Å². The molecule has 0 amide bonds. The van der Waals surface area contributed by atoms with Gasteiger partial charge in [-0.2, -0.15) is 0 Å². The van der Waals surface area contributed by atoms with E-state index in [4.69, 9.17) is 21.3 Å². The molecule has 0 aromatic carbocycles. The van der Waals surface area contributed by atoms with E-state index in [0.717, 1.165) is 36.4 Å². The maximum Gasteiger partial charge on any atom is 0.144 e. The molecular weight excluding hydrogens is 404 g/mol. The third-order valence-electron chi connectivity index (χ3n) is 4.71. The van der Waals surface area contributed by atoms with E-state index in [1.165, 1.54) is 17.8 Å². The smallest absolute Gasteiger partial charge is 0.144 e. The second kappa shape index (κ2) is 9.43. The molecule has 30 heavy (non-hydrogen) atoms. The van der Waals surface area contributed by atoms with Crippen molar-refractivity contribution in [3.05, 3.63) is 52.1 Å². The van der Waals surface area contributed by atoms with Gasteiger partial charge in [-0.3, -0.25) is 4.98 Å². The van der Waals surface area contributed by atoms with E-state index < -0.39 is 0 Å². The lowest BCUT2D eigenvalue weighted by Crippen LogP contribution is -2.24. The van der Waals surface area contributed by atoms with Gasteiger partial charge in [0.15, 0.2) is 0 Å². The van der Waals surface area contributed by atoms with E-state index in [-0.39, 0.29) is 11.2 Å². The first kappa shape index (κ1) is 22.0. The van der Waals surface area contributed by atoms with Crippen LogP contribution in [0.2, 0.25) is 5.02 Å². The molecule has 0 unspecified atom stereocenters. The molecular formula is C22H27ClN4O3. The first-order valence-electron chi connectivity index (χ1n) is 9.92. The Morgan fingerprint density at radius 1 is 1.23 bits per heavy atom. The maximum atomic E-state index is 9.92. The number of aromatic nitrogens is 2. The van der Waals surface area contributed by atoms with E-state index in [0.29, 0.717) is 29.6 Å². The molecule has 0 radical (unpaired) electrons. The van der Waals surface area contributed by atoms with Crippen LogP contribution in [0.25, 0.3) is 0 Å². The first-order valence-corrected chi connectivity index (χ1v) is 10.3. The van der Waals surface area contributed by atoms with Gasteiger partial charge in [0, 0.05) is 23.4 Å². The summed E-state index contributed by atoms with van der Waals surface area (Å²) in [6, 6.07) is 5.57. The largest absolute Gasteiger partial charge is 0.506 e. The summed E-state index contributed by atoms with van der Waals surface area (Å²) < 4.78 is 0. The summed E-state index contributed by atoms with van der Waals surface area (Å²) in [4.78, 5) is 19.8. The molecule has 8 heteroatoms. The van der Waals surface area contributed by atoms with Crippen molar-refractivity contribution in [2.75, 3.05) is 13.2 Å². The van der Waals surface area contributed by atoms with Crippen LogP contribution in [0.4, 0.5) is 0 Å². The van der Waals surface area contributed by atoms with Crippen LogP contribution in [0.15, 0.2) is 34.7 Å². The zero-order valence-electron chi connectivity index (χ0n) is 17.8. The van der Waals surface area contributed by atoms with Crippen LogP contribution < -0.4 is 0 Å². The van der Waals surface area contributed by atoms with Gasteiger partial charge in [-0.05, 0) is 44.7 Å². The fraction of sp³-hybridized carbons (Fsp3) is 0.455. The number of pyridine rings is 2. The minimum Gasteiger partial charge on any atom is -0.506 e. The summed E-state index contributed by atoms with van der Waals surface area (Å²) >= 11 is 5.80. The summed E-state index contributed by atoms with van der Waals surface area (Å²) in [7, 11) is 0. The van der Waals surface area contributed by atoms with Crippen LogP contribution in [-0.2, 0) is 16.1 Å². The lowest BCUT2D eigenvalue weighted by Gasteiger charge is -2.22. The highest BCUT2D eigenvalue weighted by Gasteiger charge is 2.22. The van der Waals surface area contributed by atoms with E-state index in [1.807, 2.05) is 26.8 Å². The molecule has 7 nitrogen and oxygen atoms in total. The standard InChI is InChI=1S/C22H27ClN4O3/c1-14-8-9-16-6-5-7-18(21(16)25-14)27-30-13-22(3,4)12-29-26-15(2)20-19(28)10-17(23)11-24-20/h8-11,28H,5-7,12-13H2,1-4H3/b26-15+,27-18+. The van der Waals surface area contributed by atoms with Gasteiger partial charge < -0.3 is 14.8 Å². The Morgan fingerprint density at radius 2 is 2.00 bits per heavy atom. The van der Waals surface area contributed by atoms with Gasteiger partial charge in [0.1, 0.15) is 36.1 Å². The van der Waals surface area contributed by atoms with E-state index >= 15 is 0 Å². The van der Waals surface area contributed by atoms with Crippen LogP contribution in [0.1, 0.15) is 56.3 Å². The normalized spacial score (nSPS) is 15.8. The van der Waals surface area contributed by atoms with Crippen molar-refractivity contribution in [1.82, 2.24) is 9.97 Å². The molecule has 0 spiro atoms. The second-order valence-electron chi connectivity index (χ2n) is 8.26. The van der Waals surface area contributed by atoms with Gasteiger partial charge >= 0.3 is 0 Å². The van der Waals surface area contributed by atoms with Gasteiger partial charge in [-0.15, -0.1) is 0 Å². The number of nitrogens with zero attached hydrogens (tertiary/aromatic N) is 4. The van der Waals surface area contributed by atoms with E-state index in [2.05, 4.69) is 26.3 Å². The number of halogens is 1. The Balaban J connectivity index is 1.56. The highest BCUT2D eigenvalue weighted by Crippen LogP contribution is 2.23. The van der Waals surface area contributed by atoms with Crippen molar-refractivity contribution in [1.29, 1.82) is 0 Å². The molecule has 2 heterocycles. The fourth-order valence-corrected chi connectivity index (χ4v) is 3.22. The third-order valence-corrected chi connectivity index (χ3v) is 4.92. The number of rotatable bonds is 7. The number of fused-ring (bicyclic) bond motifs is 1. The lowest BCUT2D eigenvalue weighted by atomic mass is 9.94. The molecule has 0 fully saturated rings. The molecule has 1 aliphatic rings. The second-order valence-corrected chi connectivity index (χ2v) is 8.70. The number of oxime groups is 2. The fourth-order valence-electron chi connectivity index (χ4n) is 3.07. The Labute approximate surface area is 181 Å². The highest BCUT2D eigenvalue weighted by atomic mass is 35.5. The Hall–Kier alpha value is -2.67. The molecule has 160 valence electrons. The van der Waals surface area contributed by atoms with Crippen molar-refractivity contribution in [3.8, 4) is 5.75 Å². The molecule has 0 saturated carbocycles. The summed E-state index contributed by atoms with van der Waals surface area (Å²) in [6.07, 6.45) is 4.39. The minimum absolute atomic E-state index is 0.0395. The first-order chi connectivity index (χ1) is 14.2. The predicted molar refractivity (Wildman–Crippen MR) is 117 cm³/mol. The molecule has 3 rings (SSSR count). The quantitative estimate of drug-likeness (QED) is 0.509. The summed E-state index contributed by atoms with van der Waals surface area (Å²) in [5.41, 5.74) is 4.52. The van der Waals surface area contributed by atoms with Gasteiger partial charge in [0.2, 0.25) is 0 Å². The third kappa shape index (κ3) is 5.69. The summed E-state index contributed by atoms with van der Waals surface area (Å²) in [6.45, 7) is 8.39. The minimum atomic E-state index is -0.319. The van der Waals surface area contributed by atoms with Crippen molar-refractivity contribution in [2.24, 2.45) is 15.7 Å². The number of hydrogen-bond donors (Lipinski definition) is 1. The zero-order valence-corrected chi connectivity index (χ0v) is 18.5. The maximum absolute atomic E-state index is 9.92. The van der Waals surface area contributed by atoms with Crippen molar-refractivity contribution < 1.29 is 14.8 Å². The Bertz CT molecular complexity index is 973. The van der Waals surface area contributed by atoms with Crippen molar-refractivity contribution in [3.63, 3.8) is 0 Å². The van der Waals surface area contributed by atoms with Crippen LogP contribution in [0.5, 0.6) is 5.75 Å². The summed E-state index contributed by atoms with van der Waals surface area (Å²) in [5.74, 6) is -0.0395. The monoisotopic (exact) mass is 430 g/mol. The molecule has 0 atom stereocenters. The lowest BCUT2D eigenvalue weighted by molar-refractivity contribution is -0.000167. The van der Waals surface area contributed by atoms with Gasteiger partial charge in [-0.25, -0.2) is 4.98 Å². The molecule has 2 aromatic heterocycles. The van der Waals surface area contributed by atoms with E-state index in [1.54, 1.807) is 6.92 Å². The van der Waals surface area contributed by atoms with Crippen LogP contribution >= 0.6 is 11.6 Å². The molecule has 0 saturated heterocycles. The van der Waals surface area contributed by atoms with Crippen LogP contribution in [0.3, 0.4) is 0 Å². The van der Waals surface area contributed by atoms with E-state index in [9.17, 15) is 5.11 Å². The van der Waals surface area contributed by atoms with Gasteiger partial charge in [0.05, 0.1) is 10.7 Å². The molecule has 0 aliphatic heterocycles. The molecule has 1 aliphatic carbocycles. The molecule has 1 N–H and O–H groups in total. The zero-order chi connectivity index (χ0) is 21.7. The number of aryl methyl sites for hydroxylation is 2. The predicted octanol–water partition coefficient (Wildman–Crippen LogP) is 4.67. The van der Waals surface area contributed by atoms with Gasteiger partial charge in [0.25, 0.3) is 0 Å². The number of hydrogen-bond acceptors (Lipinski definition) is 7. The topological polar surface area (TPSA) is 89.2 Å². The average Bonchev–Trinajstić information content (AvgIpc) is 2.68. The Morgan fingerprint density at radius 3 is 2.77 bits per heavy atom. The van der Waals surface area contributed by atoms with Crippen molar-refractivity contribution in [2.45, 2.75) is 47.0 Å². The SMILES string of the molecule is C/C(=N\OCC(C)(C)CO/N=C1\CCCc2ccc(C)nc21)c1ncc(Cl)cc1O. The highest BCUT2D eigenvalue weighted by molar-refractivity contribution is 6.30. The molecule has 0 bridgehead atoms. The van der Waals surface area contributed by atoms with Crippen LogP contribution in [0, 0.1) is 12.3 Å². The Kier molecular flexibility index (Phi) is 6.92. The average molecular weight is 431 g/mol. The summed E-state index contributed by atoms with van der Waals surface area (Å²) in [5, 5.41) is 18.7. The van der Waals surface area contributed by atoms with Crippen molar-refractivity contribution >= 4 is 23.0 Å². The number of aromatic hydroxyl groups is 1.